The van der Waals surface area contributed by atoms with Gasteiger partial charge in [0.15, 0.2) is 15.6 Å². The number of phenols is 1. The molecule has 134 valence electrons. The van der Waals surface area contributed by atoms with Gasteiger partial charge in [-0.05, 0) is 24.3 Å². The summed E-state index contributed by atoms with van der Waals surface area (Å²) in [6.07, 6.45) is 0. The van der Waals surface area contributed by atoms with Gasteiger partial charge >= 0.3 is 6.03 Å². The first-order valence-corrected chi connectivity index (χ1v) is 9.72. The van der Waals surface area contributed by atoms with Crippen LogP contribution in [0.3, 0.4) is 0 Å². The predicted octanol–water partition coefficient (Wildman–Crippen LogP) is 4.79. The number of carbonyl (C=O) groups excluding carboxylic acids is 1. The van der Waals surface area contributed by atoms with Crippen LogP contribution in [-0.2, 0) is 9.84 Å². The van der Waals surface area contributed by atoms with Crippen molar-refractivity contribution in [3.8, 4) is 5.75 Å². The molecule has 6 nitrogen and oxygen atoms in total. The zero-order chi connectivity index (χ0) is 18.8. The minimum atomic E-state index is -3.78. The summed E-state index contributed by atoms with van der Waals surface area (Å²) >= 11 is 17.7. The molecule has 0 atom stereocenters. The van der Waals surface area contributed by atoms with Gasteiger partial charge in [0.05, 0.1) is 32.2 Å². The lowest BCUT2D eigenvalue weighted by atomic mass is 10.3. The second kappa shape index (κ2) is 7.70. The molecular weight excluding hydrogens is 411 g/mol. The molecule has 0 bridgehead atoms. The minimum absolute atomic E-state index is 0.118. The average Bonchev–Trinajstić information content (AvgIpc) is 2.54. The highest BCUT2D eigenvalue weighted by Gasteiger charge is 2.24. The van der Waals surface area contributed by atoms with E-state index in [1.165, 1.54) is 25.1 Å². The number of halogens is 3. The zero-order valence-electron chi connectivity index (χ0n) is 12.8. The average molecular weight is 424 g/mol. The molecule has 2 amide bonds. The van der Waals surface area contributed by atoms with Crippen molar-refractivity contribution in [2.24, 2.45) is 0 Å². The molecule has 0 aromatic heterocycles. The summed E-state index contributed by atoms with van der Waals surface area (Å²) in [6, 6.07) is 6.48. The zero-order valence-corrected chi connectivity index (χ0v) is 15.9. The molecule has 0 spiro atoms. The van der Waals surface area contributed by atoms with Crippen molar-refractivity contribution in [2.75, 3.05) is 16.4 Å². The number of benzene rings is 2. The van der Waals surface area contributed by atoms with Crippen molar-refractivity contribution in [2.45, 2.75) is 11.8 Å². The van der Waals surface area contributed by atoms with Gasteiger partial charge in [-0.2, -0.15) is 0 Å². The topological polar surface area (TPSA) is 95.5 Å². The fourth-order valence-electron chi connectivity index (χ4n) is 1.96. The molecule has 0 radical (unpaired) electrons. The maximum absolute atomic E-state index is 12.1. The third-order valence-corrected chi connectivity index (χ3v) is 6.26. The van der Waals surface area contributed by atoms with E-state index in [-0.39, 0.29) is 32.2 Å². The van der Waals surface area contributed by atoms with Crippen molar-refractivity contribution in [1.29, 1.82) is 0 Å². The normalized spacial score (nSPS) is 11.2. The first kappa shape index (κ1) is 19.7. The molecule has 2 aromatic carbocycles. The molecule has 0 fully saturated rings. The summed E-state index contributed by atoms with van der Waals surface area (Å²) in [5, 5.41) is 15.3. The fraction of sp³-hybridized carbons (Fsp3) is 0.133. The number of phenolic OH excluding ortho intramolecular Hbond substituents is 1. The highest BCUT2D eigenvalue weighted by molar-refractivity contribution is 7.91. The van der Waals surface area contributed by atoms with Gasteiger partial charge in [0, 0.05) is 0 Å². The lowest BCUT2D eigenvalue weighted by Crippen LogP contribution is -2.20. The number of anilines is 2. The standard InChI is InChI=1S/C15H13Cl3N2O4S/c1-2-25(23,24)14-9(17)6-7-11(13(14)21)20-15(22)19-10-5-3-4-8(16)12(10)18/h3-7,21H,2H2,1H3,(H2,19,20,22). The SMILES string of the molecule is CCS(=O)(=O)c1c(Cl)ccc(NC(=O)Nc2cccc(Cl)c2Cl)c1O. The van der Waals surface area contributed by atoms with Crippen LogP contribution in [0.2, 0.25) is 15.1 Å². The predicted molar refractivity (Wildman–Crippen MR) is 99.9 cm³/mol. The molecule has 0 aliphatic carbocycles. The number of sulfone groups is 1. The van der Waals surface area contributed by atoms with E-state index < -0.39 is 26.5 Å². The van der Waals surface area contributed by atoms with Crippen LogP contribution >= 0.6 is 34.8 Å². The minimum Gasteiger partial charge on any atom is -0.504 e. The van der Waals surface area contributed by atoms with Gasteiger partial charge in [-0.3, -0.25) is 0 Å². The van der Waals surface area contributed by atoms with Crippen molar-refractivity contribution in [3.05, 3.63) is 45.4 Å². The Morgan fingerprint density at radius 1 is 1.04 bits per heavy atom. The molecule has 0 aliphatic heterocycles. The number of amides is 2. The Kier molecular flexibility index (Phi) is 6.05. The van der Waals surface area contributed by atoms with Crippen molar-refractivity contribution >= 4 is 62.0 Å². The third-order valence-electron chi connectivity index (χ3n) is 3.22. The van der Waals surface area contributed by atoms with E-state index in [0.29, 0.717) is 0 Å². The number of hydrogen-bond donors (Lipinski definition) is 3. The summed E-state index contributed by atoms with van der Waals surface area (Å²) in [5.74, 6) is -0.893. The van der Waals surface area contributed by atoms with Crippen LogP contribution < -0.4 is 10.6 Å². The molecule has 0 saturated carbocycles. The summed E-state index contributed by atoms with van der Waals surface area (Å²) in [4.78, 5) is 11.7. The fourth-order valence-corrected chi connectivity index (χ4v) is 3.88. The molecule has 3 N–H and O–H groups in total. The molecule has 0 saturated heterocycles. The van der Waals surface area contributed by atoms with E-state index >= 15 is 0 Å². The molecule has 2 aromatic rings. The Labute approximate surface area is 159 Å². The van der Waals surface area contributed by atoms with Gasteiger partial charge in [0.2, 0.25) is 0 Å². The van der Waals surface area contributed by atoms with Crippen LogP contribution in [0, 0.1) is 0 Å². The van der Waals surface area contributed by atoms with E-state index in [0.717, 1.165) is 0 Å². The number of aromatic hydroxyl groups is 1. The summed E-state index contributed by atoms with van der Waals surface area (Å²) in [5.41, 5.74) is 0.133. The van der Waals surface area contributed by atoms with Gasteiger partial charge in [-0.25, -0.2) is 13.2 Å². The second-order valence-corrected chi connectivity index (χ2v) is 8.26. The molecule has 0 heterocycles. The van der Waals surface area contributed by atoms with Gasteiger partial charge in [0.25, 0.3) is 0 Å². The third kappa shape index (κ3) is 4.30. The van der Waals surface area contributed by atoms with E-state index in [9.17, 15) is 18.3 Å². The molecule has 2 rings (SSSR count). The van der Waals surface area contributed by atoms with Gasteiger partial charge < -0.3 is 15.7 Å². The van der Waals surface area contributed by atoms with Crippen molar-refractivity contribution in [3.63, 3.8) is 0 Å². The molecular formula is C15H13Cl3N2O4S. The largest absolute Gasteiger partial charge is 0.504 e. The Bertz CT molecular complexity index is 933. The van der Waals surface area contributed by atoms with E-state index in [2.05, 4.69) is 10.6 Å². The lowest BCUT2D eigenvalue weighted by molar-refractivity contribution is 0.262. The molecule has 0 aliphatic rings. The highest BCUT2D eigenvalue weighted by Crippen LogP contribution is 2.37. The second-order valence-electron chi connectivity index (χ2n) is 4.86. The smallest absolute Gasteiger partial charge is 0.323 e. The van der Waals surface area contributed by atoms with Gasteiger partial charge in [0.1, 0.15) is 4.90 Å². The van der Waals surface area contributed by atoms with Crippen LogP contribution in [0.25, 0.3) is 0 Å². The lowest BCUT2D eigenvalue weighted by Gasteiger charge is -2.13. The van der Waals surface area contributed by atoms with E-state index in [1.807, 2.05) is 0 Å². The van der Waals surface area contributed by atoms with E-state index in [4.69, 9.17) is 34.8 Å². The Hall–Kier alpha value is -1.67. The van der Waals surface area contributed by atoms with Crippen LogP contribution in [0.4, 0.5) is 16.2 Å². The number of rotatable bonds is 4. The Morgan fingerprint density at radius 3 is 2.32 bits per heavy atom. The number of nitrogens with one attached hydrogen (secondary N) is 2. The maximum Gasteiger partial charge on any atom is 0.323 e. The van der Waals surface area contributed by atoms with Crippen LogP contribution in [0.1, 0.15) is 6.92 Å². The summed E-state index contributed by atoms with van der Waals surface area (Å²) < 4.78 is 24.1. The number of carbonyl (C=O) groups is 1. The molecule has 25 heavy (non-hydrogen) atoms. The number of hydrogen-bond acceptors (Lipinski definition) is 4. The first-order chi connectivity index (χ1) is 11.7. The molecule has 0 unspecified atom stereocenters. The quantitative estimate of drug-likeness (QED) is 0.616. The summed E-state index contributed by atoms with van der Waals surface area (Å²) in [6.45, 7) is 1.42. The van der Waals surface area contributed by atoms with Crippen LogP contribution in [0.15, 0.2) is 35.2 Å². The summed E-state index contributed by atoms with van der Waals surface area (Å²) in [7, 11) is -3.78. The van der Waals surface area contributed by atoms with Crippen molar-refractivity contribution < 1.29 is 18.3 Å². The van der Waals surface area contributed by atoms with Crippen LogP contribution in [-0.4, -0.2) is 25.3 Å². The van der Waals surface area contributed by atoms with Gasteiger partial charge in [-0.1, -0.05) is 47.8 Å². The maximum atomic E-state index is 12.1. The Balaban J connectivity index is 2.30. The van der Waals surface area contributed by atoms with Crippen LogP contribution in [0.5, 0.6) is 5.75 Å². The first-order valence-electron chi connectivity index (χ1n) is 6.93. The van der Waals surface area contributed by atoms with E-state index in [1.54, 1.807) is 12.1 Å². The Morgan fingerprint density at radius 2 is 1.68 bits per heavy atom. The highest BCUT2D eigenvalue weighted by atomic mass is 35.5. The van der Waals surface area contributed by atoms with Gasteiger partial charge in [-0.15, -0.1) is 0 Å². The monoisotopic (exact) mass is 422 g/mol. The number of urea groups is 1. The molecule has 10 heteroatoms. The van der Waals surface area contributed by atoms with Crippen molar-refractivity contribution in [1.82, 2.24) is 0 Å².